The van der Waals surface area contributed by atoms with Crippen LogP contribution in [0.15, 0.2) is 42.9 Å². The Morgan fingerprint density at radius 1 is 1.16 bits per heavy atom. The molecule has 0 amide bonds. The number of pyridine rings is 1. The van der Waals surface area contributed by atoms with Crippen LogP contribution in [0.4, 0.5) is 23.4 Å². The third-order valence-corrected chi connectivity index (χ3v) is 4.85. The molecule has 0 aliphatic carbocycles. The molecule has 168 valence electrons. The predicted octanol–water partition coefficient (Wildman–Crippen LogP) is 3.36. The number of rotatable bonds is 7. The molecule has 32 heavy (non-hydrogen) atoms. The molecule has 0 atom stereocenters. The Labute approximate surface area is 179 Å². The maximum atomic E-state index is 14.2. The quantitative estimate of drug-likeness (QED) is 0.420. The zero-order chi connectivity index (χ0) is 22.9. The second-order valence-corrected chi connectivity index (χ2v) is 6.81. The lowest BCUT2D eigenvalue weighted by molar-refractivity contribution is -0.141. The third kappa shape index (κ3) is 3.96. The minimum atomic E-state index is -4.70. The SMILES string of the molecule is COc1cccc(F)c1CNc1ccc(-c2cn(CCO)nc2C(F)(F)F)c2nncn12. The van der Waals surface area contributed by atoms with E-state index in [0.717, 1.165) is 4.68 Å². The van der Waals surface area contributed by atoms with Crippen LogP contribution < -0.4 is 10.1 Å². The number of nitrogens with one attached hydrogen (secondary N) is 1. The fraction of sp³-hybridized carbons (Fsp3) is 0.250. The van der Waals surface area contributed by atoms with Crippen LogP contribution in [0.5, 0.6) is 5.75 Å². The van der Waals surface area contributed by atoms with Crippen molar-refractivity contribution in [2.45, 2.75) is 19.3 Å². The van der Waals surface area contributed by atoms with E-state index in [0.29, 0.717) is 17.1 Å². The summed E-state index contributed by atoms with van der Waals surface area (Å²) >= 11 is 0. The van der Waals surface area contributed by atoms with Crippen LogP contribution in [-0.4, -0.2) is 43.2 Å². The van der Waals surface area contributed by atoms with E-state index in [1.54, 1.807) is 12.1 Å². The van der Waals surface area contributed by atoms with E-state index < -0.39 is 17.7 Å². The molecule has 3 heterocycles. The number of hydrogen-bond acceptors (Lipinski definition) is 6. The van der Waals surface area contributed by atoms with E-state index in [-0.39, 0.29) is 36.5 Å². The molecule has 0 fully saturated rings. The molecule has 0 bridgehead atoms. The summed E-state index contributed by atoms with van der Waals surface area (Å²) < 4.78 is 62.6. The molecular weight excluding hydrogens is 432 g/mol. The Kier molecular flexibility index (Phi) is 5.70. The molecular formula is C20H18F4N6O2. The van der Waals surface area contributed by atoms with Gasteiger partial charge in [-0.25, -0.2) is 4.39 Å². The first-order valence-corrected chi connectivity index (χ1v) is 9.47. The van der Waals surface area contributed by atoms with Crippen LogP contribution in [-0.2, 0) is 19.3 Å². The third-order valence-electron chi connectivity index (χ3n) is 4.85. The first-order valence-electron chi connectivity index (χ1n) is 9.47. The molecule has 0 saturated carbocycles. The fourth-order valence-electron chi connectivity index (χ4n) is 3.39. The van der Waals surface area contributed by atoms with Crippen LogP contribution in [0.1, 0.15) is 11.3 Å². The molecule has 4 rings (SSSR count). The number of aliphatic hydroxyl groups excluding tert-OH is 1. The van der Waals surface area contributed by atoms with Crippen LogP contribution in [0, 0.1) is 5.82 Å². The second kappa shape index (κ2) is 8.46. The highest BCUT2D eigenvalue weighted by atomic mass is 19.4. The molecule has 8 nitrogen and oxygen atoms in total. The van der Waals surface area contributed by atoms with E-state index in [1.165, 1.54) is 42.2 Å². The summed E-state index contributed by atoms with van der Waals surface area (Å²) in [5.74, 6) is 0.343. The molecule has 1 aromatic carbocycles. The Bertz CT molecular complexity index is 1250. The summed E-state index contributed by atoms with van der Waals surface area (Å²) in [5.41, 5.74) is -0.665. The van der Waals surface area contributed by atoms with Gasteiger partial charge in [-0.2, -0.15) is 18.3 Å². The van der Waals surface area contributed by atoms with Gasteiger partial charge in [0.2, 0.25) is 0 Å². The lowest BCUT2D eigenvalue weighted by Crippen LogP contribution is -2.10. The Hall–Kier alpha value is -3.67. The fourth-order valence-corrected chi connectivity index (χ4v) is 3.39. The van der Waals surface area contributed by atoms with Crippen LogP contribution in [0.25, 0.3) is 16.8 Å². The van der Waals surface area contributed by atoms with Gasteiger partial charge < -0.3 is 15.2 Å². The zero-order valence-electron chi connectivity index (χ0n) is 16.8. The van der Waals surface area contributed by atoms with Gasteiger partial charge in [-0.15, -0.1) is 10.2 Å². The van der Waals surface area contributed by atoms with Gasteiger partial charge in [0.1, 0.15) is 23.7 Å². The van der Waals surface area contributed by atoms with Crippen molar-refractivity contribution in [1.82, 2.24) is 24.4 Å². The van der Waals surface area contributed by atoms with Gasteiger partial charge in [-0.05, 0) is 24.3 Å². The molecule has 2 N–H and O–H groups in total. The highest BCUT2D eigenvalue weighted by Crippen LogP contribution is 2.38. The van der Waals surface area contributed by atoms with E-state index in [2.05, 4.69) is 20.6 Å². The van der Waals surface area contributed by atoms with Crippen LogP contribution in [0.2, 0.25) is 0 Å². The molecule has 0 aliphatic rings. The summed E-state index contributed by atoms with van der Waals surface area (Å²) in [7, 11) is 1.43. The zero-order valence-corrected chi connectivity index (χ0v) is 16.8. The summed E-state index contributed by atoms with van der Waals surface area (Å²) in [5, 5.41) is 23.5. The predicted molar refractivity (Wildman–Crippen MR) is 107 cm³/mol. The number of benzene rings is 1. The smallest absolute Gasteiger partial charge is 0.435 e. The van der Waals surface area contributed by atoms with Gasteiger partial charge in [0.25, 0.3) is 0 Å². The van der Waals surface area contributed by atoms with Crippen molar-refractivity contribution < 1.29 is 27.4 Å². The van der Waals surface area contributed by atoms with E-state index >= 15 is 0 Å². The summed E-state index contributed by atoms with van der Waals surface area (Å²) in [6.45, 7) is -0.387. The van der Waals surface area contributed by atoms with Crippen molar-refractivity contribution in [3.63, 3.8) is 0 Å². The standard InChI is InChI=1S/C20H18F4N6O2/c1-32-16-4-2-3-15(21)13(16)9-25-17-6-5-12(19-27-26-11-30(17)19)14-10-29(7-8-31)28-18(14)20(22,23)24/h2-6,10-11,25,31H,7-9H2,1H3. The van der Waals surface area contributed by atoms with E-state index in [4.69, 9.17) is 9.84 Å². The van der Waals surface area contributed by atoms with Crippen molar-refractivity contribution in [2.75, 3.05) is 19.0 Å². The average Bonchev–Trinajstić information content (AvgIpc) is 3.40. The van der Waals surface area contributed by atoms with Gasteiger partial charge in [0.15, 0.2) is 11.3 Å². The largest absolute Gasteiger partial charge is 0.496 e. The first kappa shape index (κ1) is 21.6. The van der Waals surface area contributed by atoms with Crippen LogP contribution in [0.3, 0.4) is 0 Å². The monoisotopic (exact) mass is 450 g/mol. The maximum absolute atomic E-state index is 14.2. The molecule has 0 unspecified atom stereocenters. The highest BCUT2D eigenvalue weighted by molar-refractivity contribution is 5.80. The average molecular weight is 450 g/mol. The van der Waals surface area contributed by atoms with Crippen molar-refractivity contribution in [2.24, 2.45) is 0 Å². The van der Waals surface area contributed by atoms with Crippen molar-refractivity contribution in [3.8, 4) is 16.9 Å². The first-order chi connectivity index (χ1) is 15.3. The van der Waals surface area contributed by atoms with E-state index in [1.807, 2.05) is 0 Å². The topological polar surface area (TPSA) is 89.5 Å². The number of nitrogens with zero attached hydrogens (tertiary/aromatic N) is 5. The minimum absolute atomic E-state index is 0.0602. The molecule has 12 heteroatoms. The number of fused-ring (bicyclic) bond motifs is 1. The Balaban J connectivity index is 1.73. The second-order valence-electron chi connectivity index (χ2n) is 6.81. The lowest BCUT2D eigenvalue weighted by atomic mass is 10.1. The van der Waals surface area contributed by atoms with Gasteiger partial charge in [0, 0.05) is 29.4 Å². The number of hydrogen-bond donors (Lipinski definition) is 2. The number of aromatic nitrogens is 5. The summed E-state index contributed by atoms with van der Waals surface area (Å²) in [4.78, 5) is 0. The van der Waals surface area contributed by atoms with Crippen molar-refractivity contribution in [1.29, 1.82) is 0 Å². The molecule has 0 spiro atoms. The number of anilines is 1. The van der Waals surface area contributed by atoms with Crippen LogP contribution >= 0.6 is 0 Å². The molecule has 0 saturated heterocycles. The van der Waals surface area contributed by atoms with Gasteiger partial charge in [0.05, 0.1) is 20.3 Å². The lowest BCUT2D eigenvalue weighted by Gasteiger charge is -2.14. The van der Waals surface area contributed by atoms with Gasteiger partial charge in [-0.3, -0.25) is 9.08 Å². The van der Waals surface area contributed by atoms with Gasteiger partial charge >= 0.3 is 6.18 Å². The maximum Gasteiger partial charge on any atom is 0.435 e. The molecule has 0 radical (unpaired) electrons. The van der Waals surface area contributed by atoms with Crippen molar-refractivity contribution in [3.05, 3.63) is 59.9 Å². The Morgan fingerprint density at radius 2 is 1.97 bits per heavy atom. The summed E-state index contributed by atoms with van der Waals surface area (Å²) in [6.07, 6.45) is -2.16. The number of aliphatic hydroxyl groups is 1. The van der Waals surface area contributed by atoms with Gasteiger partial charge in [-0.1, -0.05) is 6.07 Å². The normalized spacial score (nSPS) is 11.8. The Morgan fingerprint density at radius 3 is 2.69 bits per heavy atom. The number of alkyl halides is 3. The number of ether oxygens (including phenoxy) is 1. The summed E-state index contributed by atoms with van der Waals surface area (Å²) in [6, 6.07) is 7.46. The molecule has 3 aromatic heterocycles. The van der Waals surface area contributed by atoms with Crippen molar-refractivity contribution >= 4 is 11.5 Å². The molecule has 4 aromatic rings. The number of halogens is 4. The molecule has 0 aliphatic heterocycles. The van der Waals surface area contributed by atoms with E-state index in [9.17, 15) is 17.6 Å². The minimum Gasteiger partial charge on any atom is -0.496 e. The number of methoxy groups -OCH3 is 1. The highest BCUT2D eigenvalue weighted by Gasteiger charge is 2.38.